The standard InChI is InChI=1S/C21H17ClN4O2/c22-16-5-3-14(4-6-16)21(27)25-10-7-17(12-25)26-19(15-8-11-28-13-15)24-18-2-1-9-23-20(18)26/h1-6,8-9,11,13,17H,7,10,12H2/t17-/m1/s1. The molecule has 1 aromatic carbocycles. The summed E-state index contributed by atoms with van der Waals surface area (Å²) in [5.41, 5.74) is 3.21. The van der Waals surface area contributed by atoms with Gasteiger partial charge in [0.15, 0.2) is 5.65 Å². The molecule has 1 saturated heterocycles. The van der Waals surface area contributed by atoms with Crippen LogP contribution in [-0.4, -0.2) is 38.4 Å². The third-order valence-corrected chi connectivity index (χ3v) is 5.39. The van der Waals surface area contributed by atoms with Crippen molar-refractivity contribution in [3.63, 3.8) is 0 Å². The van der Waals surface area contributed by atoms with E-state index in [9.17, 15) is 4.79 Å². The van der Waals surface area contributed by atoms with Crippen LogP contribution in [0.1, 0.15) is 22.8 Å². The number of carbonyl (C=O) groups is 1. The molecular formula is C21H17ClN4O2. The molecule has 0 saturated carbocycles. The van der Waals surface area contributed by atoms with Crippen molar-refractivity contribution >= 4 is 28.7 Å². The quantitative estimate of drug-likeness (QED) is 0.517. The molecule has 0 N–H and O–H groups in total. The highest BCUT2D eigenvalue weighted by molar-refractivity contribution is 6.30. The highest BCUT2D eigenvalue weighted by Crippen LogP contribution is 2.32. The van der Waals surface area contributed by atoms with E-state index in [1.165, 1.54) is 0 Å². The van der Waals surface area contributed by atoms with Gasteiger partial charge >= 0.3 is 0 Å². The number of hydrogen-bond donors (Lipinski definition) is 0. The summed E-state index contributed by atoms with van der Waals surface area (Å²) in [7, 11) is 0. The number of benzene rings is 1. The summed E-state index contributed by atoms with van der Waals surface area (Å²) in [5, 5.41) is 0.622. The number of amides is 1. The summed E-state index contributed by atoms with van der Waals surface area (Å²) < 4.78 is 7.39. The van der Waals surface area contributed by atoms with Gasteiger partial charge in [-0.2, -0.15) is 0 Å². The molecule has 1 amide bonds. The zero-order chi connectivity index (χ0) is 19.1. The Bertz CT molecular complexity index is 1140. The smallest absolute Gasteiger partial charge is 0.253 e. The van der Waals surface area contributed by atoms with Gasteiger partial charge in [-0.05, 0) is 48.9 Å². The summed E-state index contributed by atoms with van der Waals surface area (Å²) in [4.78, 5) is 24.1. The monoisotopic (exact) mass is 392 g/mol. The maximum Gasteiger partial charge on any atom is 0.253 e. The molecule has 0 radical (unpaired) electrons. The summed E-state index contributed by atoms with van der Waals surface area (Å²) in [6.07, 6.45) is 5.93. The number of furan rings is 1. The zero-order valence-corrected chi connectivity index (χ0v) is 15.7. The highest BCUT2D eigenvalue weighted by atomic mass is 35.5. The first-order valence-electron chi connectivity index (χ1n) is 9.11. The molecular weight excluding hydrogens is 376 g/mol. The van der Waals surface area contributed by atoms with Crippen molar-refractivity contribution in [1.29, 1.82) is 0 Å². The average molecular weight is 393 g/mol. The fourth-order valence-electron chi connectivity index (χ4n) is 3.78. The predicted octanol–water partition coefficient (Wildman–Crippen LogP) is 4.43. The minimum absolute atomic E-state index is 0.0152. The maximum atomic E-state index is 12.9. The van der Waals surface area contributed by atoms with Crippen molar-refractivity contribution in [1.82, 2.24) is 19.4 Å². The summed E-state index contributed by atoms with van der Waals surface area (Å²) in [5.74, 6) is 0.828. The van der Waals surface area contributed by atoms with E-state index in [1.807, 2.05) is 23.1 Å². The lowest BCUT2D eigenvalue weighted by molar-refractivity contribution is 0.0788. The highest BCUT2D eigenvalue weighted by Gasteiger charge is 2.31. The van der Waals surface area contributed by atoms with Crippen molar-refractivity contribution in [3.8, 4) is 11.4 Å². The van der Waals surface area contributed by atoms with Crippen molar-refractivity contribution in [2.45, 2.75) is 12.5 Å². The zero-order valence-electron chi connectivity index (χ0n) is 15.0. The first-order chi connectivity index (χ1) is 13.7. The number of halogens is 1. The number of rotatable bonds is 3. The first-order valence-corrected chi connectivity index (χ1v) is 9.49. The summed E-state index contributed by atoms with van der Waals surface area (Å²) in [6.45, 7) is 1.29. The number of pyridine rings is 1. The SMILES string of the molecule is O=C(c1ccc(Cl)cc1)N1CC[C@@H](n2c(-c3ccoc3)nc3cccnc32)C1. The Morgan fingerprint density at radius 3 is 2.82 bits per heavy atom. The average Bonchev–Trinajstić information content (AvgIpc) is 3.46. The molecule has 1 fully saturated rings. The fourth-order valence-corrected chi connectivity index (χ4v) is 3.91. The fraction of sp³-hybridized carbons (Fsp3) is 0.190. The van der Waals surface area contributed by atoms with Crippen LogP contribution in [-0.2, 0) is 0 Å². The number of fused-ring (bicyclic) bond motifs is 1. The largest absolute Gasteiger partial charge is 0.472 e. The number of imidazole rings is 1. The lowest BCUT2D eigenvalue weighted by atomic mass is 10.2. The lowest BCUT2D eigenvalue weighted by Gasteiger charge is -2.18. The molecule has 0 unspecified atom stereocenters. The second-order valence-corrected chi connectivity index (χ2v) is 7.30. The van der Waals surface area contributed by atoms with Crippen LogP contribution in [0, 0.1) is 0 Å². The molecule has 140 valence electrons. The van der Waals surface area contributed by atoms with E-state index in [-0.39, 0.29) is 11.9 Å². The predicted molar refractivity (Wildman–Crippen MR) is 106 cm³/mol. The van der Waals surface area contributed by atoms with Crippen molar-refractivity contribution in [2.75, 3.05) is 13.1 Å². The Labute approximate surface area is 166 Å². The van der Waals surface area contributed by atoms with Gasteiger partial charge in [-0.3, -0.25) is 4.79 Å². The van der Waals surface area contributed by atoms with Crippen molar-refractivity contribution in [3.05, 3.63) is 71.8 Å². The van der Waals surface area contributed by atoms with E-state index >= 15 is 0 Å². The molecule has 0 aliphatic carbocycles. The van der Waals surface area contributed by atoms with E-state index in [1.54, 1.807) is 43.0 Å². The molecule has 4 aromatic rings. The topological polar surface area (TPSA) is 64.2 Å². The van der Waals surface area contributed by atoms with Crippen LogP contribution in [0.25, 0.3) is 22.6 Å². The van der Waals surface area contributed by atoms with Crippen molar-refractivity contribution < 1.29 is 9.21 Å². The lowest BCUT2D eigenvalue weighted by Crippen LogP contribution is -2.29. The summed E-state index contributed by atoms with van der Waals surface area (Å²) in [6, 6.07) is 12.8. The Hall–Kier alpha value is -3.12. The van der Waals surface area contributed by atoms with Gasteiger partial charge in [0.2, 0.25) is 0 Å². The molecule has 5 rings (SSSR count). The van der Waals surface area contributed by atoms with Gasteiger partial charge in [0.1, 0.15) is 17.6 Å². The molecule has 3 aromatic heterocycles. The van der Waals surface area contributed by atoms with E-state index in [0.717, 1.165) is 29.0 Å². The minimum atomic E-state index is 0.0152. The molecule has 4 heterocycles. The van der Waals surface area contributed by atoms with Gasteiger partial charge < -0.3 is 13.9 Å². The number of carbonyl (C=O) groups excluding carboxylic acids is 1. The number of hydrogen-bond acceptors (Lipinski definition) is 4. The minimum Gasteiger partial charge on any atom is -0.472 e. The van der Waals surface area contributed by atoms with Crippen LogP contribution in [0.3, 0.4) is 0 Å². The molecule has 7 heteroatoms. The third-order valence-electron chi connectivity index (χ3n) is 5.14. The van der Waals surface area contributed by atoms with Gasteiger partial charge in [0.05, 0.1) is 17.9 Å². The van der Waals surface area contributed by atoms with Crippen LogP contribution in [0.2, 0.25) is 5.02 Å². The molecule has 1 aliphatic rings. The number of aromatic nitrogens is 3. The second-order valence-electron chi connectivity index (χ2n) is 6.86. The Balaban J connectivity index is 1.49. The van der Waals surface area contributed by atoms with E-state index in [2.05, 4.69) is 9.55 Å². The summed E-state index contributed by atoms with van der Waals surface area (Å²) >= 11 is 5.94. The Morgan fingerprint density at radius 2 is 2.04 bits per heavy atom. The normalized spacial score (nSPS) is 16.8. The van der Waals surface area contributed by atoms with Gasteiger partial charge in [0.25, 0.3) is 5.91 Å². The molecule has 1 aliphatic heterocycles. The van der Waals surface area contributed by atoms with Crippen LogP contribution < -0.4 is 0 Å². The molecule has 28 heavy (non-hydrogen) atoms. The van der Waals surface area contributed by atoms with Gasteiger partial charge in [-0.15, -0.1) is 0 Å². The van der Waals surface area contributed by atoms with Crippen LogP contribution in [0.5, 0.6) is 0 Å². The molecule has 6 nitrogen and oxygen atoms in total. The van der Waals surface area contributed by atoms with E-state index in [4.69, 9.17) is 21.0 Å². The second kappa shape index (κ2) is 6.80. The Kier molecular flexibility index (Phi) is 4.13. The Morgan fingerprint density at radius 1 is 1.18 bits per heavy atom. The number of nitrogens with zero attached hydrogens (tertiary/aromatic N) is 4. The van der Waals surface area contributed by atoms with E-state index < -0.39 is 0 Å². The molecule has 0 spiro atoms. The van der Waals surface area contributed by atoms with Crippen LogP contribution in [0.4, 0.5) is 0 Å². The maximum absolute atomic E-state index is 12.9. The molecule has 0 bridgehead atoms. The van der Waals surface area contributed by atoms with Crippen molar-refractivity contribution in [2.24, 2.45) is 0 Å². The third kappa shape index (κ3) is 2.86. The van der Waals surface area contributed by atoms with Crippen LogP contribution >= 0.6 is 11.6 Å². The first kappa shape index (κ1) is 17.0. The molecule has 1 atom stereocenters. The van der Waals surface area contributed by atoms with Gasteiger partial charge in [0, 0.05) is 29.9 Å². The van der Waals surface area contributed by atoms with E-state index in [0.29, 0.717) is 23.7 Å². The van der Waals surface area contributed by atoms with Gasteiger partial charge in [-0.1, -0.05) is 11.6 Å². The van der Waals surface area contributed by atoms with Gasteiger partial charge in [-0.25, -0.2) is 9.97 Å². The number of likely N-dealkylation sites (tertiary alicyclic amines) is 1. The van der Waals surface area contributed by atoms with Crippen LogP contribution in [0.15, 0.2) is 65.6 Å².